The summed E-state index contributed by atoms with van der Waals surface area (Å²) in [5, 5.41) is 3.43. The summed E-state index contributed by atoms with van der Waals surface area (Å²) in [7, 11) is 0. The summed E-state index contributed by atoms with van der Waals surface area (Å²) >= 11 is 0. The van der Waals surface area contributed by atoms with E-state index in [0.29, 0.717) is 6.10 Å². The fourth-order valence-corrected chi connectivity index (χ4v) is 2.24. The zero-order chi connectivity index (χ0) is 12.1. The van der Waals surface area contributed by atoms with Crippen LogP contribution in [0.3, 0.4) is 0 Å². The van der Waals surface area contributed by atoms with Gasteiger partial charge in [-0.1, -0.05) is 13.3 Å². The van der Waals surface area contributed by atoms with E-state index < -0.39 is 0 Å². The normalized spacial score (nSPS) is 19.5. The molecule has 1 aliphatic rings. The second-order valence-electron chi connectivity index (χ2n) is 4.68. The molecule has 1 saturated heterocycles. The fraction of sp³-hybridized carbons (Fsp3) is 0.571. The van der Waals surface area contributed by atoms with Gasteiger partial charge in [-0.3, -0.25) is 0 Å². The van der Waals surface area contributed by atoms with Crippen LogP contribution in [0, 0.1) is 0 Å². The number of nitrogens with two attached hydrogens (primary N) is 1. The van der Waals surface area contributed by atoms with Gasteiger partial charge in [-0.2, -0.15) is 0 Å². The lowest BCUT2D eigenvalue weighted by Gasteiger charge is -2.13. The smallest absolute Gasteiger partial charge is 0.0748 e. The average Bonchev–Trinajstić information content (AvgIpc) is 2.83. The Labute approximate surface area is 103 Å². The van der Waals surface area contributed by atoms with Crippen molar-refractivity contribution in [3.63, 3.8) is 0 Å². The van der Waals surface area contributed by atoms with Gasteiger partial charge in [0.05, 0.1) is 6.10 Å². The van der Waals surface area contributed by atoms with Gasteiger partial charge in [0.15, 0.2) is 0 Å². The minimum Gasteiger partial charge on any atom is -0.399 e. The monoisotopic (exact) mass is 234 g/mol. The van der Waals surface area contributed by atoms with Crippen LogP contribution in [0.4, 0.5) is 11.4 Å². The van der Waals surface area contributed by atoms with Crippen molar-refractivity contribution >= 4 is 11.4 Å². The van der Waals surface area contributed by atoms with E-state index in [0.717, 1.165) is 37.4 Å². The van der Waals surface area contributed by atoms with Gasteiger partial charge in [0, 0.05) is 24.5 Å². The Morgan fingerprint density at radius 2 is 2.35 bits per heavy atom. The van der Waals surface area contributed by atoms with E-state index in [1.165, 1.54) is 18.4 Å². The molecule has 1 aromatic rings. The largest absolute Gasteiger partial charge is 0.399 e. The first-order chi connectivity index (χ1) is 8.29. The van der Waals surface area contributed by atoms with E-state index in [1.807, 2.05) is 12.1 Å². The van der Waals surface area contributed by atoms with Crippen LogP contribution in [0.1, 0.15) is 31.7 Å². The van der Waals surface area contributed by atoms with E-state index in [2.05, 4.69) is 18.3 Å². The molecule has 3 nitrogen and oxygen atoms in total. The Bertz CT molecular complexity index is 359. The first kappa shape index (κ1) is 12.2. The molecule has 0 spiro atoms. The van der Waals surface area contributed by atoms with Crippen molar-refractivity contribution in [3.8, 4) is 0 Å². The van der Waals surface area contributed by atoms with Crippen LogP contribution in [-0.4, -0.2) is 19.3 Å². The van der Waals surface area contributed by atoms with Crippen LogP contribution >= 0.6 is 0 Å². The summed E-state index contributed by atoms with van der Waals surface area (Å²) in [6.45, 7) is 3.98. The predicted molar refractivity (Wildman–Crippen MR) is 72.3 cm³/mol. The number of nitrogens with one attached hydrogen (secondary N) is 1. The highest BCUT2D eigenvalue weighted by atomic mass is 16.5. The predicted octanol–water partition coefficient (Wildman–Crippen LogP) is 2.81. The first-order valence-electron chi connectivity index (χ1n) is 6.53. The number of ether oxygens (including phenoxy) is 1. The Morgan fingerprint density at radius 3 is 3.06 bits per heavy atom. The second kappa shape index (κ2) is 5.92. The summed E-state index contributed by atoms with van der Waals surface area (Å²) in [5.41, 5.74) is 9.23. The van der Waals surface area contributed by atoms with Crippen LogP contribution in [-0.2, 0) is 11.2 Å². The maximum absolute atomic E-state index is 5.94. The number of benzene rings is 1. The van der Waals surface area contributed by atoms with Gasteiger partial charge >= 0.3 is 0 Å². The Balaban J connectivity index is 1.93. The molecule has 1 aromatic carbocycles. The molecule has 1 heterocycles. The SMILES string of the molecule is CCCc1cc(NCC2CCCO2)ccc1N. The molecule has 17 heavy (non-hydrogen) atoms. The van der Waals surface area contributed by atoms with Crippen molar-refractivity contribution < 1.29 is 4.74 Å². The lowest BCUT2D eigenvalue weighted by molar-refractivity contribution is 0.120. The van der Waals surface area contributed by atoms with Gasteiger partial charge in [-0.15, -0.1) is 0 Å². The molecule has 0 aromatic heterocycles. The summed E-state index contributed by atoms with van der Waals surface area (Å²) in [4.78, 5) is 0. The van der Waals surface area contributed by atoms with Crippen LogP contribution in [0.5, 0.6) is 0 Å². The lowest BCUT2D eigenvalue weighted by Crippen LogP contribution is -2.18. The zero-order valence-electron chi connectivity index (χ0n) is 10.5. The first-order valence-corrected chi connectivity index (χ1v) is 6.53. The molecular weight excluding hydrogens is 212 g/mol. The van der Waals surface area contributed by atoms with Crippen molar-refractivity contribution in [1.82, 2.24) is 0 Å². The van der Waals surface area contributed by atoms with E-state index in [4.69, 9.17) is 10.5 Å². The number of hydrogen-bond donors (Lipinski definition) is 2. The minimum absolute atomic E-state index is 0.377. The van der Waals surface area contributed by atoms with E-state index in [9.17, 15) is 0 Å². The van der Waals surface area contributed by atoms with Crippen LogP contribution in [0.2, 0.25) is 0 Å². The van der Waals surface area contributed by atoms with E-state index in [1.54, 1.807) is 0 Å². The van der Waals surface area contributed by atoms with E-state index >= 15 is 0 Å². The van der Waals surface area contributed by atoms with Crippen molar-refractivity contribution in [3.05, 3.63) is 23.8 Å². The van der Waals surface area contributed by atoms with Crippen LogP contribution in [0.15, 0.2) is 18.2 Å². The van der Waals surface area contributed by atoms with Gasteiger partial charge < -0.3 is 15.8 Å². The standard InChI is InChI=1S/C14H22N2O/c1-2-4-11-9-12(6-7-14(11)15)16-10-13-5-3-8-17-13/h6-7,9,13,16H,2-5,8,10,15H2,1H3. The van der Waals surface area contributed by atoms with Crippen molar-refractivity contribution in [2.45, 2.75) is 38.7 Å². The Hall–Kier alpha value is -1.22. The topological polar surface area (TPSA) is 47.3 Å². The third-order valence-corrected chi connectivity index (χ3v) is 3.22. The maximum Gasteiger partial charge on any atom is 0.0748 e. The van der Waals surface area contributed by atoms with Crippen LogP contribution in [0.25, 0.3) is 0 Å². The summed E-state index contributed by atoms with van der Waals surface area (Å²) in [5.74, 6) is 0. The van der Waals surface area contributed by atoms with Gasteiger partial charge in [0.25, 0.3) is 0 Å². The van der Waals surface area contributed by atoms with Gasteiger partial charge in [-0.25, -0.2) is 0 Å². The highest BCUT2D eigenvalue weighted by molar-refractivity contribution is 5.57. The summed E-state index contributed by atoms with van der Waals surface area (Å²) in [6, 6.07) is 6.19. The lowest BCUT2D eigenvalue weighted by atomic mass is 10.1. The zero-order valence-corrected chi connectivity index (χ0v) is 10.5. The Morgan fingerprint density at radius 1 is 1.47 bits per heavy atom. The second-order valence-corrected chi connectivity index (χ2v) is 4.68. The molecule has 2 rings (SSSR count). The van der Waals surface area contributed by atoms with Crippen molar-refractivity contribution in [2.24, 2.45) is 0 Å². The molecule has 1 aliphatic heterocycles. The van der Waals surface area contributed by atoms with Gasteiger partial charge in [0.2, 0.25) is 0 Å². The third kappa shape index (κ3) is 3.37. The molecule has 3 N–H and O–H groups in total. The number of aryl methyl sites for hydroxylation is 1. The third-order valence-electron chi connectivity index (χ3n) is 3.22. The average molecular weight is 234 g/mol. The minimum atomic E-state index is 0.377. The molecule has 0 aliphatic carbocycles. The highest BCUT2D eigenvalue weighted by Crippen LogP contribution is 2.20. The number of nitrogen functional groups attached to an aromatic ring is 1. The molecule has 1 fully saturated rings. The molecule has 3 heteroatoms. The van der Waals surface area contributed by atoms with Crippen molar-refractivity contribution in [2.75, 3.05) is 24.2 Å². The maximum atomic E-state index is 5.94. The molecule has 0 radical (unpaired) electrons. The quantitative estimate of drug-likeness (QED) is 0.770. The molecule has 94 valence electrons. The van der Waals surface area contributed by atoms with Gasteiger partial charge in [-0.05, 0) is 43.0 Å². The fourth-order valence-electron chi connectivity index (χ4n) is 2.24. The molecule has 0 amide bonds. The number of hydrogen-bond acceptors (Lipinski definition) is 3. The molecule has 1 atom stereocenters. The molecular formula is C14H22N2O. The summed E-state index contributed by atoms with van der Waals surface area (Å²) < 4.78 is 5.59. The van der Waals surface area contributed by atoms with E-state index in [-0.39, 0.29) is 0 Å². The number of anilines is 2. The highest BCUT2D eigenvalue weighted by Gasteiger charge is 2.14. The van der Waals surface area contributed by atoms with Gasteiger partial charge in [0.1, 0.15) is 0 Å². The molecule has 1 unspecified atom stereocenters. The summed E-state index contributed by atoms with van der Waals surface area (Å²) in [6.07, 6.45) is 4.90. The van der Waals surface area contributed by atoms with Crippen molar-refractivity contribution in [1.29, 1.82) is 0 Å². The van der Waals surface area contributed by atoms with Crippen LogP contribution < -0.4 is 11.1 Å². The molecule has 0 saturated carbocycles. The molecule has 0 bridgehead atoms. The number of rotatable bonds is 5. The Kier molecular flexibility index (Phi) is 4.26.